The van der Waals surface area contributed by atoms with E-state index in [-0.39, 0.29) is 19.0 Å². The second-order valence-corrected chi connectivity index (χ2v) is 3.74. The van der Waals surface area contributed by atoms with Crippen molar-refractivity contribution in [3.8, 4) is 5.75 Å². The minimum absolute atomic E-state index is 0.00252. The maximum absolute atomic E-state index is 11.7. The van der Waals surface area contributed by atoms with Gasteiger partial charge in [-0.05, 0) is 26.0 Å². The summed E-state index contributed by atoms with van der Waals surface area (Å²) in [5, 5.41) is 9.58. The lowest BCUT2D eigenvalue weighted by Crippen LogP contribution is -2.32. The fraction of sp³-hybridized carbons (Fsp3) is 0.357. The van der Waals surface area contributed by atoms with E-state index >= 15 is 0 Å². The average molecular weight is 279 g/mol. The van der Waals surface area contributed by atoms with E-state index < -0.39 is 18.0 Å². The van der Waals surface area contributed by atoms with Crippen molar-refractivity contribution >= 4 is 18.2 Å². The van der Waals surface area contributed by atoms with Crippen LogP contribution in [0.1, 0.15) is 19.4 Å². The molecular formula is C14H17NO5. The van der Waals surface area contributed by atoms with Gasteiger partial charge in [0.25, 0.3) is 0 Å². The highest BCUT2D eigenvalue weighted by Crippen LogP contribution is 2.13. The van der Waals surface area contributed by atoms with Gasteiger partial charge >= 0.3 is 11.9 Å². The number of rotatable bonds is 6. The molecule has 0 radical (unpaired) electrons. The number of hydrogen-bond donors (Lipinski definition) is 1. The lowest BCUT2D eigenvalue weighted by molar-refractivity contribution is -0.156. The van der Waals surface area contributed by atoms with Gasteiger partial charge in [0.2, 0.25) is 6.04 Å². The summed E-state index contributed by atoms with van der Waals surface area (Å²) >= 11 is 0. The van der Waals surface area contributed by atoms with Crippen molar-refractivity contribution in [1.82, 2.24) is 0 Å². The molecule has 1 N–H and O–H groups in total. The maximum atomic E-state index is 11.7. The Labute approximate surface area is 117 Å². The molecule has 108 valence electrons. The molecule has 0 atom stereocenters. The molecule has 0 aliphatic heterocycles. The van der Waals surface area contributed by atoms with Crippen LogP contribution in [0.4, 0.5) is 0 Å². The van der Waals surface area contributed by atoms with Crippen molar-refractivity contribution in [3.05, 3.63) is 29.8 Å². The monoisotopic (exact) mass is 279 g/mol. The van der Waals surface area contributed by atoms with Gasteiger partial charge in [-0.15, -0.1) is 0 Å². The van der Waals surface area contributed by atoms with E-state index in [0.29, 0.717) is 5.56 Å². The number of nitrogens with zero attached hydrogens (tertiary/aromatic N) is 1. The van der Waals surface area contributed by atoms with Gasteiger partial charge in [0.1, 0.15) is 5.75 Å². The smallest absolute Gasteiger partial charge is 0.342 e. The standard InChI is InChI=1S/C14H17NO5/c1-3-19-13(17)12(14(18)20-4-2)15-9-10-7-5-6-8-11(10)16/h5-9,12,16H,3-4H2,1-2H3. The van der Waals surface area contributed by atoms with E-state index in [1.54, 1.807) is 32.0 Å². The molecule has 6 heteroatoms. The normalized spacial score (nSPS) is 10.8. The van der Waals surface area contributed by atoms with Crippen LogP contribution in [0.15, 0.2) is 29.3 Å². The van der Waals surface area contributed by atoms with Crippen LogP contribution in [0.25, 0.3) is 0 Å². The van der Waals surface area contributed by atoms with E-state index in [0.717, 1.165) is 0 Å². The van der Waals surface area contributed by atoms with Crippen LogP contribution in [0, 0.1) is 0 Å². The predicted molar refractivity (Wildman–Crippen MR) is 72.8 cm³/mol. The van der Waals surface area contributed by atoms with Gasteiger partial charge in [0.15, 0.2) is 0 Å². The van der Waals surface area contributed by atoms with E-state index in [1.165, 1.54) is 12.3 Å². The molecule has 1 aromatic rings. The minimum Gasteiger partial charge on any atom is -0.507 e. The Balaban J connectivity index is 2.91. The summed E-state index contributed by atoms with van der Waals surface area (Å²) < 4.78 is 9.55. The molecule has 6 nitrogen and oxygen atoms in total. The first-order valence-electron chi connectivity index (χ1n) is 6.24. The van der Waals surface area contributed by atoms with E-state index in [4.69, 9.17) is 9.47 Å². The average Bonchev–Trinajstić information content (AvgIpc) is 2.41. The van der Waals surface area contributed by atoms with E-state index in [1.807, 2.05) is 0 Å². The SMILES string of the molecule is CCOC(=O)C(N=Cc1ccccc1O)C(=O)OCC. The molecule has 0 amide bonds. The van der Waals surface area contributed by atoms with Gasteiger partial charge in [0, 0.05) is 11.8 Å². The highest BCUT2D eigenvalue weighted by atomic mass is 16.6. The summed E-state index contributed by atoms with van der Waals surface area (Å²) in [6.45, 7) is 3.54. The molecule has 0 saturated carbocycles. The quantitative estimate of drug-likeness (QED) is 0.482. The topological polar surface area (TPSA) is 85.2 Å². The number of carbonyl (C=O) groups is 2. The van der Waals surface area contributed by atoms with Gasteiger partial charge in [-0.2, -0.15) is 0 Å². The molecule has 20 heavy (non-hydrogen) atoms. The second-order valence-electron chi connectivity index (χ2n) is 3.74. The summed E-state index contributed by atoms with van der Waals surface area (Å²) in [5.74, 6) is -1.56. The Morgan fingerprint density at radius 1 is 1.20 bits per heavy atom. The van der Waals surface area contributed by atoms with Crippen molar-refractivity contribution in [2.75, 3.05) is 13.2 Å². The first-order valence-corrected chi connectivity index (χ1v) is 6.24. The van der Waals surface area contributed by atoms with Gasteiger partial charge < -0.3 is 14.6 Å². The Morgan fingerprint density at radius 2 is 1.75 bits per heavy atom. The molecule has 1 aromatic carbocycles. The summed E-state index contributed by atoms with van der Waals surface area (Å²) in [7, 11) is 0. The first-order chi connectivity index (χ1) is 9.60. The molecule has 0 bridgehead atoms. The van der Waals surface area contributed by atoms with Crippen LogP contribution < -0.4 is 0 Å². The number of aliphatic imine (C=N–C) groups is 1. The van der Waals surface area contributed by atoms with E-state index in [2.05, 4.69) is 4.99 Å². The number of phenolic OH excluding ortho intramolecular Hbond substituents is 1. The third kappa shape index (κ3) is 4.38. The Hall–Kier alpha value is -2.37. The summed E-state index contributed by atoms with van der Waals surface area (Å²) in [6, 6.07) is 5.05. The lowest BCUT2D eigenvalue weighted by Gasteiger charge is -2.10. The number of benzene rings is 1. The molecule has 0 aromatic heterocycles. The summed E-state index contributed by atoms with van der Waals surface area (Å²) in [4.78, 5) is 27.2. The van der Waals surface area contributed by atoms with Crippen molar-refractivity contribution in [2.45, 2.75) is 19.9 Å². The molecule has 0 unspecified atom stereocenters. The zero-order valence-corrected chi connectivity index (χ0v) is 11.4. The van der Waals surface area contributed by atoms with Crippen molar-refractivity contribution in [2.24, 2.45) is 4.99 Å². The minimum atomic E-state index is -1.38. The van der Waals surface area contributed by atoms with Crippen LogP contribution in [-0.4, -0.2) is 42.5 Å². The zero-order chi connectivity index (χ0) is 15.0. The predicted octanol–water partition coefficient (Wildman–Crippen LogP) is 1.31. The third-order valence-electron chi connectivity index (χ3n) is 2.32. The molecule has 0 heterocycles. The first kappa shape index (κ1) is 15.7. The van der Waals surface area contributed by atoms with Crippen molar-refractivity contribution in [1.29, 1.82) is 0 Å². The van der Waals surface area contributed by atoms with Crippen molar-refractivity contribution < 1.29 is 24.2 Å². The summed E-state index contributed by atoms with van der Waals surface area (Å²) in [5.41, 5.74) is 0.395. The second kappa shape index (κ2) is 7.93. The zero-order valence-electron chi connectivity index (χ0n) is 11.4. The van der Waals surface area contributed by atoms with Gasteiger partial charge in [0.05, 0.1) is 13.2 Å². The maximum Gasteiger partial charge on any atom is 0.342 e. The lowest BCUT2D eigenvalue weighted by atomic mass is 10.2. The number of para-hydroxylation sites is 1. The molecule has 1 rings (SSSR count). The van der Waals surface area contributed by atoms with Crippen LogP contribution in [0.3, 0.4) is 0 Å². The molecule has 0 aliphatic rings. The van der Waals surface area contributed by atoms with Crippen molar-refractivity contribution in [3.63, 3.8) is 0 Å². The molecular weight excluding hydrogens is 262 g/mol. The molecule has 0 aliphatic carbocycles. The number of aromatic hydroxyl groups is 1. The molecule has 0 spiro atoms. The number of phenols is 1. The van der Waals surface area contributed by atoms with Gasteiger partial charge in [-0.3, -0.25) is 4.99 Å². The number of esters is 2. The third-order valence-corrected chi connectivity index (χ3v) is 2.32. The van der Waals surface area contributed by atoms with Crippen LogP contribution in [0.5, 0.6) is 5.75 Å². The largest absolute Gasteiger partial charge is 0.507 e. The van der Waals surface area contributed by atoms with Crippen LogP contribution in [0.2, 0.25) is 0 Å². The number of ether oxygens (including phenoxy) is 2. The van der Waals surface area contributed by atoms with Crippen LogP contribution in [-0.2, 0) is 19.1 Å². The highest BCUT2D eigenvalue weighted by molar-refractivity contribution is 6.01. The van der Waals surface area contributed by atoms with E-state index in [9.17, 15) is 14.7 Å². The Bertz CT molecular complexity index is 480. The summed E-state index contributed by atoms with van der Waals surface area (Å²) in [6.07, 6.45) is 1.24. The number of carbonyl (C=O) groups excluding carboxylic acids is 2. The van der Waals surface area contributed by atoms with Crippen LogP contribution >= 0.6 is 0 Å². The fourth-order valence-corrected chi connectivity index (χ4v) is 1.41. The Kier molecular flexibility index (Phi) is 6.22. The van der Waals surface area contributed by atoms with Gasteiger partial charge in [-0.25, -0.2) is 9.59 Å². The van der Waals surface area contributed by atoms with Gasteiger partial charge in [-0.1, -0.05) is 12.1 Å². The fourth-order valence-electron chi connectivity index (χ4n) is 1.41. The molecule has 0 fully saturated rings. The highest BCUT2D eigenvalue weighted by Gasteiger charge is 2.28. The Morgan fingerprint density at radius 3 is 2.25 bits per heavy atom. The number of hydrogen-bond acceptors (Lipinski definition) is 6. The molecule has 0 saturated heterocycles.